The van der Waals surface area contributed by atoms with Crippen LogP contribution in [0.5, 0.6) is 0 Å². The van der Waals surface area contributed by atoms with E-state index in [9.17, 15) is 0 Å². The topological polar surface area (TPSA) is 64.7 Å². The molecule has 0 saturated carbocycles. The molecule has 0 aliphatic rings. The van der Waals surface area contributed by atoms with E-state index in [2.05, 4.69) is 15.2 Å². The van der Waals surface area contributed by atoms with Gasteiger partial charge in [0.25, 0.3) is 0 Å². The van der Waals surface area contributed by atoms with Crippen molar-refractivity contribution in [1.82, 2.24) is 15.2 Å². The van der Waals surface area contributed by atoms with E-state index in [4.69, 9.17) is 5.73 Å². The van der Waals surface area contributed by atoms with E-state index < -0.39 is 0 Å². The third-order valence-electron chi connectivity index (χ3n) is 2.65. The van der Waals surface area contributed by atoms with Crippen molar-refractivity contribution >= 4 is 11.3 Å². The molecule has 0 aromatic carbocycles. The van der Waals surface area contributed by atoms with Crippen LogP contribution >= 0.6 is 11.3 Å². The molecule has 2 aromatic heterocycles. The summed E-state index contributed by atoms with van der Waals surface area (Å²) in [4.78, 5) is 4.43. The average Bonchev–Trinajstić information content (AvgIpc) is 2.77. The highest BCUT2D eigenvalue weighted by Crippen LogP contribution is 2.28. The van der Waals surface area contributed by atoms with Gasteiger partial charge in [-0.15, -0.1) is 10.2 Å². The Morgan fingerprint density at radius 3 is 2.71 bits per heavy atom. The number of aryl methyl sites for hydroxylation is 2. The monoisotopic (exact) mass is 248 g/mol. The minimum atomic E-state index is -0.0139. The number of pyridine rings is 1. The molecular formula is C12H16N4S. The first-order valence-corrected chi connectivity index (χ1v) is 6.47. The van der Waals surface area contributed by atoms with Crippen molar-refractivity contribution in [3.63, 3.8) is 0 Å². The van der Waals surface area contributed by atoms with Gasteiger partial charge in [0.15, 0.2) is 0 Å². The molecule has 0 bridgehead atoms. The van der Waals surface area contributed by atoms with Gasteiger partial charge < -0.3 is 5.73 Å². The molecule has 0 amide bonds. The Labute approximate surface area is 105 Å². The summed E-state index contributed by atoms with van der Waals surface area (Å²) in [6.45, 7) is 6.02. The maximum absolute atomic E-state index is 5.94. The first kappa shape index (κ1) is 12.1. The van der Waals surface area contributed by atoms with Gasteiger partial charge in [0.2, 0.25) is 0 Å². The lowest BCUT2D eigenvalue weighted by Gasteiger charge is -2.02. The summed E-state index contributed by atoms with van der Waals surface area (Å²) in [5, 5.41) is 10.1. The van der Waals surface area contributed by atoms with E-state index in [-0.39, 0.29) is 6.04 Å². The van der Waals surface area contributed by atoms with Crippen LogP contribution in [0.4, 0.5) is 0 Å². The number of nitrogens with zero attached hydrogens (tertiary/aromatic N) is 3. The Morgan fingerprint density at radius 1 is 1.29 bits per heavy atom. The molecule has 90 valence electrons. The molecule has 2 rings (SSSR count). The van der Waals surface area contributed by atoms with Crippen LogP contribution in [0.15, 0.2) is 12.1 Å². The normalized spacial score (nSPS) is 12.7. The summed E-state index contributed by atoms with van der Waals surface area (Å²) < 4.78 is 0. The Bertz CT molecular complexity index is 521. The van der Waals surface area contributed by atoms with Crippen molar-refractivity contribution in [2.45, 2.75) is 33.2 Å². The fraction of sp³-hybridized carbons (Fsp3) is 0.417. The van der Waals surface area contributed by atoms with Crippen LogP contribution in [0.2, 0.25) is 0 Å². The lowest BCUT2D eigenvalue weighted by Crippen LogP contribution is -2.07. The van der Waals surface area contributed by atoms with Gasteiger partial charge in [0, 0.05) is 17.0 Å². The zero-order valence-electron chi connectivity index (χ0n) is 10.3. The molecule has 17 heavy (non-hydrogen) atoms. The second-order valence-corrected chi connectivity index (χ2v) is 5.05. The number of hydrogen-bond acceptors (Lipinski definition) is 5. The smallest absolute Gasteiger partial charge is 0.149 e. The molecule has 1 unspecified atom stereocenters. The maximum Gasteiger partial charge on any atom is 0.149 e. The minimum Gasteiger partial charge on any atom is -0.322 e. The fourth-order valence-electron chi connectivity index (χ4n) is 1.58. The highest BCUT2D eigenvalue weighted by Gasteiger charge is 2.13. The lowest BCUT2D eigenvalue weighted by molar-refractivity contribution is 0.683. The summed E-state index contributed by atoms with van der Waals surface area (Å²) >= 11 is 1.55. The van der Waals surface area contributed by atoms with Gasteiger partial charge >= 0.3 is 0 Å². The Morgan fingerprint density at radius 2 is 2.06 bits per heavy atom. The van der Waals surface area contributed by atoms with Crippen LogP contribution in [0.3, 0.4) is 0 Å². The Hall–Kier alpha value is -1.33. The van der Waals surface area contributed by atoms with Crippen molar-refractivity contribution < 1.29 is 0 Å². The molecule has 1 atom stereocenters. The average molecular weight is 248 g/mol. The second-order valence-electron chi connectivity index (χ2n) is 4.05. The molecule has 2 N–H and O–H groups in total. The molecule has 2 aromatic rings. The summed E-state index contributed by atoms with van der Waals surface area (Å²) in [6.07, 6.45) is 0.875. The standard InChI is InChI=1S/C12H16N4S/c1-4-10(13)12-16-15-11(17-12)9-6-5-7(2)14-8(9)3/h5-6,10H,4,13H2,1-3H3. The fourth-order valence-corrected chi connectivity index (χ4v) is 2.59. The summed E-state index contributed by atoms with van der Waals surface area (Å²) in [5.74, 6) is 0. The lowest BCUT2D eigenvalue weighted by atomic mass is 10.2. The molecule has 0 radical (unpaired) electrons. The third kappa shape index (κ3) is 2.50. The van der Waals surface area contributed by atoms with Gasteiger partial charge in [-0.2, -0.15) is 0 Å². The van der Waals surface area contributed by atoms with Gasteiger partial charge in [0.1, 0.15) is 10.0 Å². The molecule has 0 fully saturated rings. The third-order valence-corrected chi connectivity index (χ3v) is 3.74. The SMILES string of the molecule is CCC(N)c1nnc(-c2ccc(C)nc2C)s1. The van der Waals surface area contributed by atoms with Crippen LogP contribution in [0.25, 0.3) is 10.6 Å². The van der Waals surface area contributed by atoms with Crippen LogP contribution < -0.4 is 5.73 Å². The molecule has 0 aliphatic heterocycles. The van der Waals surface area contributed by atoms with E-state index in [0.717, 1.165) is 33.4 Å². The quantitative estimate of drug-likeness (QED) is 0.906. The Balaban J connectivity index is 2.37. The number of rotatable bonds is 3. The zero-order valence-corrected chi connectivity index (χ0v) is 11.1. The van der Waals surface area contributed by atoms with Crippen LogP contribution in [-0.4, -0.2) is 15.2 Å². The molecule has 0 saturated heterocycles. The van der Waals surface area contributed by atoms with Gasteiger partial charge in [-0.1, -0.05) is 18.3 Å². The van der Waals surface area contributed by atoms with Crippen molar-refractivity contribution in [2.24, 2.45) is 5.73 Å². The molecule has 5 heteroatoms. The van der Waals surface area contributed by atoms with E-state index in [0.29, 0.717) is 0 Å². The molecule has 4 nitrogen and oxygen atoms in total. The van der Waals surface area contributed by atoms with E-state index in [1.54, 1.807) is 11.3 Å². The molecule has 0 aliphatic carbocycles. The first-order chi connectivity index (χ1) is 8.11. The van der Waals surface area contributed by atoms with Gasteiger partial charge in [0.05, 0.1) is 6.04 Å². The number of hydrogen-bond donors (Lipinski definition) is 1. The van der Waals surface area contributed by atoms with E-state index in [1.165, 1.54) is 0 Å². The van der Waals surface area contributed by atoms with Crippen LogP contribution in [-0.2, 0) is 0 Å². The van der Waals surface area contributed by atoms with Crippen molar-refractivity contribution in [1.29, 1.82) is 0 Å². The van der Waals surface area contributed by atoms with Crippen molar-refractivity contribution in [3.05, 3.63) is 28.5 Å². The highest BCUT2D eigenvalue weighted by atomic mass is 32.1. The predicted molar refractivity (Wildman–Crippen MR) is 69.8 cm³/mol. The van der Waals surface area contributed by atoms with Crippen molar-refractivity contribution in [3.8, 4) is 10.6 Å². The number of nitrogens with two attached hydrogens (primary N) is 1. The highest BCUT2D eigenvalue weighted by molar-refractivity contribution is 7.14. The van der Waals surface area contributed by atoms with E-state index >= 15 is 0 Å². The predicted octanol–water partition coefficient (Wildman–Crippen LogP) is 2.63. The first-order valence-electron chi connectivity index (χ1n) is 5.65. The summed E-state index contributed by atoms with van der Waals surface area (Å²) in [7, 11) is 0. The largest absolute Gasteiger partial charge is 0.322 e. The van der Waals surface area contributed by atoms with E-state index in [1.807, 2.05) is 32.9 Å². The van der Waals surface area contributed by atoms with Gasteiger partial charge in [-0.05, 0) is 32.4 Å². The van der Waals surface area contributed by atoms with Crippen LogP contribution in [0.1, 0.15) is 35.8 Å². The summed E-state index contributed by atoms with van der Waals surface area (Å²) in [6, 6.07) is 4.02. The number of aromatic nitrogens is 3. The van der Waals surface area contributed by atoms with Crippen LogP contribution in [0, 0.1) is 13.8 Å². The minimum absolute atomic E-state index is 0.0139. The van der Waals surface area contributed by atoms with Gasteiger partial charge in [-0.25, -0.2) is 0 Å². The maximum atomic E-state index is 5.94. The van der Waals surface area contributed by atoms with Gasteiger partial charge in [-0.3, -0.25) is 4.98 Å². The Kier molecular flexibility index (Phi) is 3.49. The summed E-state index contributed by atoms with van der Waals surface area (Å²) in [5.41, 5.74) is 8.98. The zero-order chi connectivity index (χ0) is 12.4. The molecule has 2 heterocycles. The van der Waals surface area contributed by atoms with Crippen molar-refractivity contribution in [2.75, 3.05) is 0 Å². The molecule has 0 spiro atoms. The molecular weight excluding hydrogens is 232 g/mol. The second kappa shape index (κ2) is 4.89.